The van der Waals surface area contributed by atoms with Crippen molar-refractivity contribution in [1.82, 2.24) is 0 Å². The van der Waals surface area contributed by atoms with E-state index in [1.807, 2.05) is 31.2 Å². The van der Waals surface area contributed by atoms with Gasteiger partial charge in [0, 0.05) is 18.8 Å². The summed E-state index contributed by atoms with van der Waals surface area (Å²) in [5.74, 6) is -1.09. The zero-order valence-electron chi connectivity index (χ0n) is 18.3. The van der Waals surface area contributed by atoms with E-state index in [1.165, 1.54) is 31.3 Å². The van der Waals surface area contributed by atoms with E-state index in [-0.39, 0.29) is 22.4 Å². The number of hydrogen-bond donors (Lipinski definition) is 0. The normalized spacial score (nSPS) is 15.1. The summed E-state index contributed by atoms with van der Waals surface area (Å²) in [6, 6.07) is 21.9. The minimum Gasteiger partial charge on any atom is -0.452 e. The molecule has 0 aromatic heterocycles. The number of carbonyl (C=O) groups is 2. The zero-order chi connectivity index (χ0) is 23.6. The average Bonchev–Trinajstić information content (AvgIpc) is 3.18. The number of benzene rings is 3. The first kappa shape index (κ1) is 22.5. The molecule has 33 heavy (non-hydrogen) atoms. The smallest absolute Gasteiger partial charge is 0.338 e. The van der Waals surface area contributed by atoms with Crippen LogP contribution in [-0.4, -0.2) is 40.0 Å². The van der Waals surface area contributed by atoms with E-state index in [4.69, 9.17) is 4.74 Å². The van der Waals surface area contributed by atoms with E-state index in [0.717, 1.165) is 22.0 Å². The van der Waals surface area contributed by atoms with E-state index in [0.29, 0.717) is 5.69 Å². The molecular formula is C25H24N2O5S. The van der Waals surface area contributed by atoms with Gasteiger partial charge in [-0.3, -0.25) is 9.10 Å². The lowest BCUT2D eigenvalue weighted by Crippen LogP contribution is -2.38. The molecule has 1 aliphatic heterocycles. The van der Waals surface area contributed by atoms with Crippen molar-refractivity contribution in [1.29, 1.82) is 0 Å². The number of sulfonamides is 1. The third-order valence-corrected chi connectivity index (χ3v) is 7.43. The highest BCUT2D eigenvalue weighted by molar-refractivity contribution is 7.92. The molecule has 170 valence electrons. The van der Waals surface area contributed by atoms with Gasteiger partial charge in [0.25, 0.3) is 15.9 Å². The first-order chi connectivity index (χ1) is 15.8. The summed E-state index contributed by atoms with van der Waals surface area (Å²) in [6.07, 6.45) is 0.741. The van der Waals surface area contributed by atoms with Gasteiger partial charge < -0.3 is 9.64 Å². The predicted octanol–water partition coefficient (Wildman–Crippen LogP) is 3.65. The summed E-state index contributed by atoms with van der Waals surface area (Å²) in [5.41, 5.74) is 2.45. The van der Waals surface area contributed by atoms with E-state index in [9.17, 15) is 18.0 Å². The Hall–Kier alpha value is -3.65. The highest BCUT2D eigenvalue weighted by atomic mass is 32.2. The van der Waals surface area contributed by atoms with Crippen molar-refractivity contribution in [2.75, 3.05) is 22.9 Å². The second-order valence-electron chi connectivity index (χ2n) is 7.86. The molecule has 3 aromatic rings. The molecule has 0 radical (unpaired) electrons. The van der Waals surface area contributed by atoms with Crippen LogP contribution < -0.4 is 9.21 Å². The third kappa shape index (κ3) is 4.47. The van der Waals surface area contributed by atoms with Gasteiger partial charge in [-0.15, -0.1) is 0 Å². The molecule has 1 heterocycles. The Morgan fingerprint density at radius 1 is 1.00 bits per heavy atom. The van der Waals surface area contributed by atoms with E-state index in [1.54, 1.807) is 35.2 Å². The zero-order valence-corrected chi connectivity index (χ0v) is 19.2. The van der Waals surface area contributed by atoms with Gasteiger partial charge in [-0.1, -0.05) is 42.5 Å². The van der Waals surface area contributed by atoms with Crippen LogP contribution in [0.15, 0.2) is 83.8 Å². The van der Waals surface area contributed by atoms with Crippen LogP contribution in [0.25, 0.3) is 0 Å². The number of rotatable bonds is 6. The number of amides is 1. The number of anilines is 2. The van der Waals surface area contributed by atoms with Crippen molar-refractivity contribution in [3.05, 3.63) is 90.0 Å². The summed E-state index contributed by atoms with van der Waals surface area (Å²) in [4.78, 5) is 27.0. The Labute approximate surface area is 193 Å². The summed E-state index contributed by atoms with van der Waals surface area (Å²) < 4.78 is 32.4. The first-order valence-electron chi connectivity index (χ1n) is 10.5. The van der Waals surface area contributed by atoms with Crippen molar-refractivity contribution in [2.24, 2.45) is 0 Å². The average molecular weight is 465 g/mol. The lowest BCUT2D eigenvalue weighted by molar-refractivity contribution is -0.122. The molecule has 0 saturated heterocycles. The number of nitrogens with zero attached hydrogens (tertiary/aromatic N) is 2. The SMILES string of the molecule is C[C@@H]1Cc2ccccc2N1C(=O)COC(=O)c1cccc(S(=O)(=O)N(C)c2ccccc2)c1. The fourth-order valence-electron chi connectivity index (χ4n) is 3.94. The van der Waals surface area contributed by atoms with Gasteiger partial charge in [-0.05, 0) is 55.3 Å². The minimum atomic E-state index is -3.88. The molecule has 8 heteroatoms. The maximum atomic E-state index is 13.0. The molecule has 0 saturated carbocycles. The minimum absolute atomic E-state index is 0.0319. The number of para-hydroxylation sites is 2. The fraction of sp³-hybridized carbons (Fsp3) is 0.200. The molecule has 0 fully saturated rings. The van der Waals surface area contributed by atoms with Crippen LogP contribution in [-0.2, 0) is 26.0 Å². The topological polar surface area (TPSA) is 84.0 Å². The van der Waals surface area contributed by atoms with Crippen LogP contribution in [0.5, 0.6) is 0 Å². The van der Waals surface area contributed by atoms with Crippen LogP contribution in [0, 0.1) is 0 Å². The van der Waals surface area contributed by atoms with E-state index in [2.05, 4.69) is 0 Å². The molecule has 1 atom stereocenters. The molecule has 3 aromatic carbocycles. The van der Waals surface area contributed by atoms with Crippen LogP contribution in [0.1, 0.15) is 22.8 Å². The van der Waals surface area contributed by atoms with Crippen LogP contribution in [0.3, 0.4) is 0 Å². The molecule has 0 aliphatic carbocycles. The van der Waals surface area contributed by atoms with Crippen molar-refractivity contribution in [3.8, 4) is 0 Å². The fourth-order valence-corrected chi connectivity index (χ4v) is 5.19. The summed E-state index contributed by atoms with van der Waals surface area (Å²) >= 11 is 0. The first-order valence-corrected chi connectivity index (χ1v) is 11.9. The third-order valence-electron chi connectivity index (χ3n) is 5.65. The molecule has 0 unspecified atom stereocenters. The second kappa shape index (κ2) is 9.07. The highest BCUT2D eigenvalue weighted by Crippen LogP contribution is 2.31. The maximum Gasteiger partial charge on any atom is 0.338 e. The van der Waals surface area contributed by atoms with Gasteiger partial charge >= 0.3 is 5.97 Å². The van der Waals surface area contributed by atoms with Crippen LogP contribution in [0.2, 0.25) is 0 Å². The van der Waals surface area contributed by atoms with Gasteiger partial charge in [0.1, 0.15) is 0 Å². The van der Waals surface area contributed by atoms with Crippen molar-refractivity contribution < 1.29 is 22.7 Å². The Morgan fingerprint density at radius 2 is 1.70 bits per heavy atom. The van der Waals surface area contributed by atoms with Gasteiger partial charge in [0.05, 0.1) is 16.1 Å². The molecule has 1 amide bonds. The molecule has 1 aliphatic rings. The Balaban J connectivity index is 1.47. The Bertz CT molecular complexity index is 1290. The van der Waals surface area contributed by atoms with Crippen molar-refractivity contribution >= 4 is 33.3 Å². The largest absolute Gasteiger partial charge is 0.452 e. The number of carbonyl (C=O) groups excluding carboxylic acids is 2. The maximum absolute atomic E-state index is 13.0. The number of esters is 1. The van der Waals surface area contributed by atoms with Crippen LogP contribution in [0.4, 0.5) is 11.4 Å². The molecule has 0 bridgehead atoms. The van der Waals surface area contributed by atoms with E-state index >= 15 is 0 Å². The summed E-state index contributed by atoms with van der Waals surface area (Å²) in [7, 11) is -2.43. The van der Waals surface area contributed by atoms with Gasteiger partial charge in [0.2, 0.25) is 0 Å². The Morgan fingerprint density at radius 3 is 2.45 bits per heavy atom. The van der Waals surface area contributed by atoms with E-state index < -0.39 is 22.6 Å². The molecular weight excluding hydrogens is 440 g/mol. The summed E-state index contributed by atoms with van der Waals surface area (Å²) in [6.45, 7) is 1.51. The quantitative estimate of drug-likeness (QED) is 0.520. The molecule has 7 nitrogen and oxygen atoms in total. The lowest BCUT2D eigenvalue weighted by atomic mass is 10.1. The van der Waals surface area contributed by atoms with Crippen molar-refractivity contribution in [2.45, 2.75) is 24.3 Å². The highest BCUT2D eigenvalue weighted by Gasteiger charge is 2.31. The standard InChI is InChI=1S/C25H24N2O5S/c1-18-15-19-9-6-7-14-23(19)27(18)24(28)17-32-25(29)20-10-8-13-22(16-20)33(30,31)26(2)21-11-4-3-5-12-21/h3-14,16,18H,15,17H2,1-2H3/t18-/m1/s1. The van der Waals surface area contributed by atoms with Crippen molar-refractivity contribution in [3.63, 3.8) is 0 Å². The molecule has 4 rings (SSSR count). The molecule has 0 spiro atoms. The second-order valence-corrected chi connectivity index (χ2v) is 9.83. The monoisotopic (exact) mass is 464 g/mol. The van der Waals surface area contributed by atoms with Gasteiger partial charge in [-0.25, -0.2) is 13.2 Å². The number of hydrogen-bond acceptors (Lipinski definition) is 5. The predicted molar refractivity (Wildman–Crippen MR) is 126 cm³/mol. The summed E-state index contributed by atoms with van der Waals surface area (Å²) in [5, 5.41) is 0. The molecule has 0 N–H and O–H groups in total. The Kier molecular flexibility index (Phi) is 6.20. The lowest BCUT2D eigenvalue weighted by Gasteiger charge is -2.22. The van der Waals surface area contributed by atoms with Gasteiger partial charge in [-0.2, -0.15) is 0 Å². The number of ether oxygens (including phenoxy) is 1. The number of fused-ring (bicyclic) bond motifs is 1. The van der Waals surface area contributed by atoms with Gasteiger partial charge in [0.15, 0.2) is 6.61 Å². The van der Waals surface area contributed by atoms with Crippen LogP contribution >= 0.6 is 0 Å².